The van der Waals surface area contributed by atoms with Gasteiger partial charge in [0.2, 0.25) is 0 Å². The number of halogens is 1. The third-order valence-corrected chi connectivity index (χ3v) is 6.27. The first-order chi connectivity index (χ1) is 23.9. The van der Waals surface area contributed by atoms with Crippen molar-refractivity contribution in [3.63, 3.8) is 0 Å². The second-order valence-corrected chi connectivity index (χ2v) is 11.1. The zero-order chi connectivity index (χ0) is 44.7. The van der Waals surface area contributed by atoms with E-state index in [9.17, 15) is 9.59 Å². The van der Waals surface area contributed by atoms with Crippen molar-refractivity contribution >= 4 is 47.1 Å². The van der Waals surface area contributed by atoms with Gasteiger partial charge in [-0.15, -0.1) is 23.4 Å². The molecule has 2 aliphatic carbocycles. The Hall–Kier alpha value is -0.0700. The second kappa shape index (κ2) is 16.6. The molecule has 0 amide bonds. The molecular formula is C26H49ClO4S2. The average molecular weight is 547 g/mol. The Balaban J connectivity index is 0.000000846. The lowest BCUT2D eigenvalue weighted by Crippen LogP contribution is -2.38. The van der Waals surface area contributed by atoms with Crippen LogP contribution < -0.4 is 0 Å². The molecule has 0 N–H and O–H groups in total. The lowest BCUT2D eigenvalue weighted by Gasteiger charge is -2.36. The molecule has 196 valence electrons. The van der Waals surface area contributed by atoms with E-state index in [2.05, 4.69) is 4.74 Å². The molecule has 7 heteroatoms. The molecule has 0 radical (unpaired) electrons. The lowest BCUT2D eigenvalue weighted by molar-refractivity contribution is -0.153. The Morgan fingerprint density at radius 1 is 1.06 bits per heavy atom. The summed E-state index contributed by atoms with van der Waals surface area (Å²) in [6, 6.07) is 0. The summed E-state index contributed by atoms with van der Waals surface area (Å²) in [5, 5.41) is -0.0483. The Morgan fingerprint density at radius 2 is 1.73 bits per heavy atom. The first-order valence-electron chi connectivity index (χ1n) is 20.9. The standard InChI is InChI=1S/C13H24O2S.C8H14O2.C5H11ClS/c1-12(2,3)16-10-13(11(14)15-4)8-6-5-7-9-13;1-10-8(9)7-5-3-2-4-6-7;1-5(2,3)7-4-6/h5-10H2,1-4H3;7H,2-6H2,1H3;4H2,1-3H3/i1D3,5D2,6D2,8D2;2D2,3D2,5D2,7D;1D3,2D3. The molecule has 2 aliphatic rings. The number of esters is 2. The maximum Gasteiger partial charge on any atom is 0.312 e. The first kappa shape index (κ1) is 11.5. The van der Waals surface area contributed by atoms with Crippen LogP contribution in [0.2, 0.25) is 0 Å². The molecule has 2 atom stereocenters. The van der Waals surface area contributed by atoms with E-state index < -0.39 is 104 Å². The Morgan fingerprint density at radius 3 is 2.27 bits per heavy atom. The van der Waals surface area contributed by atoms with Crippen molar-refractivity contribution in [2.75, 3.05) is 25.2 Å². The predicted molar refractivity (Wildman–Crippen MR) is 146 cm³/mol. The van der Waals surface area contributed by atoms with E-state index in [1.807, 2.05) is 0 Å². The maximum absolute atomic E-state index is 12.5. The van der Waals surface area contributed by atoms with Crippen molar-refractivity contribution in [2.45, 2.75) is 115 Å². The quantitative estimate of drug-likeness (QED) is 0.256. The van der Waals surface area contributed by atoms with Gasteiger partial charge in [-0.3, -0.25) is 9.59 Å². The molecule has 0 aromatic heterocycles. The zero-order valence-corrected chi connectivity index (χ0v) is 22.0. The van der Waals surface area contributed by atoms with Crippen LogP contribution in [0.15, 0.2) is 0 Å². The van der Waals surface area contributed by atoms with Crippen LogP contribution in [0.3, 0.4) is 0 Å². The Labute approximate surface area is 248 Å². The summed E-state index contributed by atoms with van der Waals surface area (Å²) in [6.07, 6.45) is -18.1. The number of alkyl halides is 1. The molecule has 2 saturated carbocycles. The summed E-state index contributed by atoms with van der Waals surface area (Å²) < 4.78 is 173. The van der Waals surface area contributed by atoms with Crippen molar-refractivity contribution in [1.82, 2.24) is 0 Å². The molecule has 0 spiro atoms. The van der Waals surface area contributed by atoms with E-state index >= 15 is 0 Å². The van der Waals surface area contributed by atoms with Crippen molar-refractivity contribution < 1.29 is 49.2 Å². The Kier molecular flexibility index (Phi) is 5.80. The van der Waals surface area contributed by atoms with Gasteiger partial charge in [0.15, 0.2) is 0 Å². The first-order valence-corrected chi connectivity index (χ1v) is 12.4. The van der Waals surface area contributed by atoms with Crippen LogP contribution >= 0.6 is 35.1 Å². The third kappa shape index (κ3) is 15.5. The fraction of sp³-hybridized carbons (Fsp3) is 0.923. The average Bonchev–Trinajstić information content (AvgIpc) is 3.00. The summed E-state index contributed by atoms with van der Waals surface area (Å²) in [7, 11) is 2.05. The summed E-state index contributed by atoms with van der Waals surface area (Å²) >= 11 is 6.94. The molecular weight excluding hydrogens is 476 g/mol. The van der Waals surface area contributed by atoms with Gasteiger partial charge in [-0.25, -0.2) is 0 Å². The zero-order valence-electron chi connectivity index (χ0n) is 41.6. The van der Waals surface area contributed by atoms with Crippen molar-refractivity contribution in [2.24, 2.45) is 11.3 Å². The van der Waals surface area contributed by atoms with E-state index in [1.54, 1.807) is 0 Å². The van der Waals surface area contributed by atoms with Gasteiger partial charge in [0.1, 0.15) is 0 Å². The highest BCUT2D eigenvalue weighted by atomic mass is 35.5. The van der Waals surface area contributed by atoms with Crippen molar-refractivity contribution in [3.8, 4) is 0 Å². The number of hydrogen-bond donors (Lipinski definition) is 0. The molecule has 0 aromatic carbocycles. The number of carbonyl (C=O) groups excluding carboxylic acids is 2. The highest BCUT2D eigenvalue weighted by Gasteiger charge is 2.41. The fourth-order valence-electron chi connectivity index (χ4n) is 2.20. The molecule has 2 unspecified atom stereocenters. The normalized spacial score (nSPS) is 45.6. The topological polar surface area (TPSA) is 52.6 Å². The molecule has 0 saturated heterocycles. The van der Waals surface area contributed by atoms with Gasteiger partial charge >= 0.3 is 11.9 Å². The minimum Gasteiger partial charge on any atom is -0.469 e. The van der Waals surface area contributed by atoms with Crippen molar-refractivity contribution in [3.05, 3.63) is 0 Å². The number of carbonyl (C=O) groups is 2. The van der Waals surface area contributed by atoms with Gasteiger partial charge in [0.05, 0.1) is 30.7 Å². The van der Waals surface area contributed by atoms with Gasteiger partial charge in [-0.05, 0) is 25.6 Å². The number of methoxy groups -OCH3 is 2. The third-order valence-electron chi connectivity index (χ3n) is 3.90. The fourth-order valence-corrected chi connectivity index (χ4v) is 4.02. The highest BCUT2D eigenvalue weighted by molar-refractivity contribution is 8.01. The van der Waals surface area contributed by atoms with Crippen LogP contribution in [0.5, 0.6) is 0 Å². The maximum atomic E-state index is 12.5. The minimum absolute atomic E-state index is 0.0483. The van der Waals surface area contributed by atoms with Gasteiger partial charge in [-0.2, -0.15) is 11.8 Å². The Bertz CT molecular complexity index is 1340. The van der Waals surface area contributed by atoms with Crippen LogP contribution in [0.25, 0.3) is 0 Å². The predicted octanol–water partition coefficient (Wildman–Crippen LogP) is 8.10. The van der Waals surface area contributed by atoms with Gasteiger partial charge in [0.25, 0.3) is 0 Å². The van der Waals surface area contributed by atoms with Crippen LogP contribution in [0, 0.1) is 11.3 Å². The monoisotopic (exact) mass is 546 g/mol. The summed E-state index contributed by atoms with van der Waals surface area (Å²) in [4.78, 5) is 23.9. The second-order valence-electron chi connectivity index (χ2n) is 7.48. The SMILES string of the molecule is [2H]C([2H])([2H])C(C)(C)SCC1(C(=O)OC)CCC([2H])([2H])C([2H])([2H])C1([2H])[2H].[2H]C([2H])([2H])C(C)(SCCl)C([2H])([2H])[2H].[2H]C1([2H])CCC([2H])(C(=O)OC)C([2H])([2H])C1([2H])[2H]. The minimum atomic E-state index is -2.96. The number of thioether (sulfide) groups is 2. The smallest absolute Gasteiger partial charge is 0.312 e. The van der Waals surface area contributed by atoms with Gasteiger partial charge < -0.3 is 9.47 Å². The molecule has 4 nitrogen and oxygen atoms in total. The largest absolute Gasteiger partial charge is 0.469 e. The van der Waals surface area contributed by atoms with Crippen LogP contribution in [0.4, 0.5) is 0 Å². The molecule has 2 fully saturated rings. The van der Waals surface area contributed by atoms with Crippen LogP contribution in [-0.4, -0.2) is 46.6 Å². The number of hydrogen-bond acceptors (Lipinski definition) is 6. The van der Waals surface area contributed by atoms with E-state index in [-0.39, 0.29) is 23.8 Å². The summed E-state index contributed by atoms with van der Waals surface area (Å²) in [5.41, 5.74) is -1.98. The van der Waals surface area contributed by atoms with E-state index in [1.165, 1.54) is 20.8 Å². The summed E-state index contributed by atoms with van der Waals surface area (Å²) in [6.45, 7) is -3.37. The van der Waals surface area contributed by atoms with Gasteiger partial charge in [0, 0.05) is 45.4 Å². The number of rotatable bonds is 5. The lowest BCUT2D eigenvalue weighted by atomic mass is 9.75. The molecule has 0 aromatic rings. The molecule has 33 heavy (non-hydrogen) atoms. The van der Waals surface area contributed by atoms with E-state index in [0.29, 0.717) is 0 Å². The van der Waals surface area contributed by atoms with Gasteiger partial charge in [-0.1, -0.05) is 79.7 Å². The van der Waals surface area contributed by atoms with Crippen LogP contribution in [0.1, 0.15) is 135 Å². The van der Waals surface area contributed by atoms with E-state index in [4.69, 9.17) is 46.5 Å². The van der Waals surface area contributed by atoms with Crippen LogP contribution in [-0.2, 0) is 19.1 Å². The molecule has 2 rings (SSSR count). The highest BCUT2D eigenvalue weighted by Crippen LogP contribution is 2.42. The molecule has 0 bridgehead atoms. The molecule has 0 heterocycles. The summed E-state index contributed by atoms with van der Waals surface area (Å²) in [5.74, 6) is -4.92. The van der Waals surface area contributed by atoms with Crippen molar-refractivity contribution in [1.29, 1.82) is 0 Å². The van der Waals surface area contributed by atoms with E-state index in [0.717, 1.165) is 37.7 Å². The molecule has 0 aliphatic heterocycles. The number of ether oxygens (including phenoxy) is 2.